The van der Waals surface area contributed by atoms with Gasteiger partial charge in [-0.05, 0) is 36.4 Å². The highest BCUT2D eigenvalue weighted by atomic mass is 35.5. The molecule has 0 aromatic heterocycles. The molecule has 3 nitrogen and oxygen atoms in total. The Kier molecular flexibility index (Phi) is 4.88. The van der Waals surface area contributed by atoms with Crippen molar-refractivity contribution in [3.8, 4) is 0 Å². The highest BCUT2D eigenvalue weighted by Crippen LogP contribution is 2.34. The Balaban J connectivity index is 2.57. The van der Waals surface area contributed by atoms with Crippen LogP contribution in [0, 0.1) is 5.82 Å². The molecule has 3 N–H and O–H groups in total. The first-order chi connectivity index (χ1) is 9.87. The maximum absolute atomic E-state index is 14.0. The van der Waals surface area contributed by atoms with E-state index in [1.165, 1.54) is 42.5 Å². The van der Waals surface area contributed by atoms with Crippen molar-refractivity contribution in [1.82, 2.24) is 0 Å². The van der Waals surface area contributed by atoms with E-state index in [9.17, 15) is 12.8 Å². The zero-order chi connectivity index (χ0) is 15.6. The molecule has 0 aliphatic heterocycles. The molecule has 0 saturated heterocycles. The molecule has 0 heterocycles. The summed E-state index contributed by atoms with van der Waals surface area (Å²) in [5.41, 5.74) is 3.57. The molecule has 0 saturated carbocycles. The Bertz CT molecular complexity index is 728. The van der Waals surface area contributed by atoms with Crippen LogP contribution in [0.25, 0.3) is 0 Å². The standard InChI is InChI=1S/C14H12Cl2FNO2S/c15-9-4-6-10(7-5-9)21(19,20)13(8-18)14-11(16)2-1-3-12(14)17/h1-7,13H,8,18H2/p+1/t13-/m0/s1. The van der Waals surface area contributed by atoms with Crippen molar-refractivity contribution in [3.05, 3.63) is 63.9 Å². The van der Waals surface area contributed by atoms with Gasteiger partial charge in [-0.25, -0.2) is 12.8 Å². The minimum atomic E-state index is -3.81. The van der Waals surface area contributed by atoms with Crippen LogP contribution in [-0.2, 0) is 9.84 Å². The first-order valence-electron chi connectivity index (χ1n) is 6.10. The SMILES string of the molecule is [NH3+]C[C@@H](c1c(F)cccc1Cl)S(=O)(=O)c1ccc(Cl)cc1. The minimum Gasteiger partial charge on any atom is -0.356 e. The molecular weight excluding hydrogens is 336 g/mol. The van der Waals surface area contributed by atoms with Crippen molar-refractivity contribution in [1.29, 1.82) is 0 Å². The summed E-state index contributed by atoms with van der Waals surface area (Å²) < 4.78 is 39.3. The Hall–Kier alpha value is -1.14. The highest BCUT2D eigenvalue weighted by molar-refractivity contribution is 7.91. The van der Waals surface area contributed by atoms with E-state index in [4.69, 9.17) is 23.2 Å². The van der Waals surface area contributed by atoms with E-state index in [2.05, 4.69) is 5.73 Å². The van der Waals surface area contributed by atoms with Crippen LogP contribution in [0.1, 0.15) is 10.8 Å². The maximum Gasteiger partial charge on any atom is 0.191 e. The molecule has 0 radical (unpaired) electrons. The average Bonchev–Trinajstić information content (AvgIpc) is 2.43. The molecule has 2 aromatic carbocycles. The van der Waals surface area contributed by atoms with Gasteiger partial charge in [0.2, 0.25) is 0 Å². The van der Waals surface area contributed by atoms with Crippen molar-refractivity contribution in [2.45, 2.75) is 10.1 Å². The zero-order valence-electron chi connectivity index (χ0n) is 10.9. The van der Waals surface area contributed by atoms with Crippen LogP contribution < -0.4 is 5.73 Å². The lowest BCUT2D eigenvalue weighted by Crippen LogP contribution is -2.54. The third-order valence-corrected chi connectivity index (χ3v) is 5.83. The first kappa shape index (κ1) is 16.2. The minimum absolute atomic E-state index is 0.0361. The molecule has 112 valence electrons. The largest absolute Gasteiger partial charge is 0.356 e. The third kappa shape index (κ3) is 3.21. The molecule has 21 heavy (non-hydrogen) atoms. The van der Waals surface area contributed by atoms with Gasteiger partial charge in [-0.1, -0.05) is 29.3 Å². The smallest absolute Gasteiger partial charge is 0.191 e. The zero-order valence-corrected chi connectivity index (χ0v) is 13.2. The van der Waals surface area contributed by atoms with Crippen molar-refractivity contribution < 1.29 is 18.5 Å². The third-order valence-electron chi connectivity index (χ3n) is 3.10. The van der Waals surface area contributed by atoms with Crippen LogP contribution in [0.15, 0.2) is 47.4 Å². The van der Waals surface area contributed by atoms with Crippen molar-refractivity contribution in [3.63, 3.8) is 0 Å². The summed E-state index contributed by atoms with van der Waals surface area (Å²) in [7, 11) is -3.81. The summed E-state index contributed by atoms with van der Waals surface area (Å²) in [6.45, 7) is -0.0361. The van der Waals surface area contributed by atoms with Gasteiger partial charge in [-0.3, -0.25) is 0 Å². The molecule has 7 heteroatoms. The van der Waals surface area contributed by atoms with E-state index in [-0.39, 0.29) is 22.0 Å². The number of rotatable bonds is 4. The quantitative estimate of drug-likeness (QED) is 0.923. The number of sulfone groups is 1. The lowest BCUT2D eigenvalue weighted by Gasteiger charge is -2.16. The summed E-state index contributed by atoms with van der Waals surface area (Å²) in [4.78, 5) is 0.0554. The van der Waals surface area contributed by atoms with Crippen LogP contribution in [0.2, 0.25) is 10.0 Å². The van der Waals surface area contributed by atoms with E-state index < -0.39 is 20.9 Å². The predicted octanol–water partition coefficient (Wildman–Crippen LogP) is 2.89. The van der Waals surface area contributed by atoms with Crippen LogP contribution in [0.4, 0.5) is 4.39 Å². The summed E-state index contributed by atoms with van der Waals surface area (Å²) in [5.74, 6) is -0.659. The van der Waals surface area contributed by atoms with Crippen LogP contribution in [0.3, 0.4) is 0 Å². The lowest BCUT2D eigenvalue weighted by molar-refractivity contribution is -0.367. The molecular formula is C14H13Cl2FNO2S+. The van der Waals surface area contributed by atoms with E-state index in [0.29, 0.717) is 5.02 Å². The van der Waals surface area contributed by atoms with E-state index in [1.807, 2.05) is 0 Å². The van der Waals surface area contributed by atoms with E-state index >= 15 is 0 Å². The Labute approximate surface area is 132 Å². The number of hydrogen-bond acceptors (Lipinski definition) is 2. The molecule has 0 amide bonds. The van der Waals surface area contributed by atoms with Gasteiger partial charge in [-0.15, -0.1) is 0 Å². The molecule has 0 aliphatic rings. The normalized spacial score (nSPS) is 13.1. The summed E-state index contributed by atoms with van der Waals surface area (Å²) in [5, 5.41) is -0.655. The molecule has 1 atom stereocenters. The Morgan fingerprint density at radius 3 is 2.24 bits per heavy atom. The molecule has 2 rings (SSSR count). The fourth-order valence-corrected chi connectivity index (χ4v) is 4.25. The number of quaternary nitrogens is 1. The first-order valence-corrected chi connectivity index (χ1v) is 8.40. The van der Waals surface area contributed by atoms with Crippen molar-refractivity contribution >= 4 is 33.0 Å². The van der Waals surface area contributed by atoms with Gasteiger partial charge in [0, 0.05) is 15.6 Å². The second-order valence-electron chi connectivity index (χ2n) is 4.41. The van der Waals surface area contributed by atoms with Crippen LogP contribution in [-0.4, -0.2) is 15.0 Å². The second kappa shape index (κ2) is 6.32. The molecule has 2 aromatic rings. The predicted molar refractivity (Wildman–Crippen MR) is 80.5 cm³/mol. The molecule has 0 spiro atoms. The number of hydrogen-bond donors (Lipinski definition) is 1. The fraction of sp³-hybridized carbons (Fsp3) is 0.143. The van der Waals surface area contributed by atoms with Gasteiger partial charge in [0.05, 0.1) is 11.4 Å². The summed E-state index contributed by atoms with van der Waals surface area (Å²) >= 11 is 11.7. The molecule has 0 aliphatic carbocycles. The van der Waals surface area contributed by atoms with Crippen molar-refractivity contribution in [2.75, 3.05) is 6.54 Å². The van der Waals surface area contributed by atoms with E-state index in [1.54, 1.807) is 0 Å². The molecule has 0 bridgehead atoms. The average molecular weight is 349 g/mol. The van der Waals surface area contributed by atoms with Gasteiger partial charge in [0.1, 0.15) is 11.1 Å². The number of benzene rings is 2. The Morgan fingerprint density at radius 1 is 1.10 bits per heavy atom. The van der Waals surface area contributed by atoms with E-state index in [0.717, 1.165) is 0 Å². The van der Waals surface area contributed by atoms with Crippen LogP contribution >= 0.6 is 23.2 Å². The van der Waals surface area contributed by atoms with Gasteiger partial charge in [0.15, 0.2) is 9.84 Å². The second-order valence-corrected chi connectivity index (χ2v) is 7.39. The summed E-state index contributed by atoms with van der Waals surface area (Å²) in [6.07, 6.45) is 0. The van der Waals surface area contributed by atoms with Crippen molar-refractivity contribution in [2.24, 2.45) is 0 Å². The fourth-order valence-electron chi connectivity index (χ4n) is 2.06. The van der Waals surface area contributed by atoms with Gasteiger partial charge in [0.25, 0.3) is 0 Å². The monoisotopic (exact) mass is 348 g/mol. The Morgan fingerprint density at radius 2 is 1.71 bits per heavy atom. The summed E-state index contributed by atoms with van der Waals surface area (Å²) in [6, 6.07) is 9.77. The molecule has 0 unspecified atom stereocenters. The topological polar surface area (TPSA) is 61.8 Å². The van der Waals surface area contributed by atoms with Gasteiger partial charge >= 0.3 is 0 Å². The highest BCUT2D eigenvalue weighted by Gasteiger charge is 2.33. The molecule has 0 fully saturated rings. The van der Waals surface area contributed by atoms with Gasteiger partial charge < -0.3 is 5.73 Å². The lowest BCUT2D eigenvalue weighted by atomic mass is 10.1. The van der Waals surface area contributed by atoms with Gasteiger partial charge in [-0.2, -0.15) is 0 Å². The number of halogens is 3. The van der Waals surface area contributed by atoms with Crippen LogP contribution in [0.5, 0.6) is 0 Å². The maximum atomic E-state index is 14.0.